The zero-order chi connectivity index (χ0) is 18.1. The van der Waals surface area contributed by atoms with Crippen molar-refractivity contribution in [1.82, 2.24) is 0 Å². The Morgan fingerprint density at radius 2 is 1.12 bits per heavy atom. The molecule has 0 aromatic rings. The van der Waals surface area contributed by atoms with Gasteiger partial charge in [-0.2, -0.15) is 0 Å². The SMILES string of the molecule is CCCCCCCCCCCCCCC[C@]1(O)[C@@H](N)C(O)C1(C)C. The van der Waals surface area contributed by atoms with Gasteiger partial charge in [-0.1, -0.05) is 104 Å². The summed E-state index contributed by atoms with van der Waals surface area (Å²) in [5, 5.41) is 20.6. The molecular formula is C21H43NO2. The molecule has 1 aliphatic carbocycles. The average Bonchev–Trinajstić information content (AvgIpc) is 2.57. The second kappa shape index (κ2) is 10.8. The Kier molecular flexibility index (Phi) is 9.84. The van der Waals surface area contributed by atoms with Crippen LogP contribution < -0.4 is 5.73 Å². The maximum Gasteiger partial charge on any atom is 0.0899 e. The first-order valence-corrected chi connectivity index (χ1v) is 10.5. The quantitative estimate of drug-likeness (QED) is 0.393. The lowest BCUT2D eigenvalue weighted by Gasteiger charge is -2.61. The number of unbranched alkanes of at least 4 members (excludes halogenated alkanes) is 12. The number of rotatable bonds is 14. The molecule has 1 saturated carbocycles. The van der Waals surface area contributed by atoms with Gasteiger partial charge in [0.1, 0.15) is 0 Å². The molecule has 3 heteroatoms. The summed E-state index contributed by atoms with van der Waals surface area (Å²) in [5.74, 6) is 0. The molecule has 1 aliphatic rings. The molecule has 24 heavy (non-hydrogen) atoms. The van der Waals surface area contributed by atoms with Crippen LogP contribution in [0.25, 0.3) is 0 Å². The molecule has 144 valence electrons. The molecule has 3 nitrogen and oxygen atoms in total. The van der Waals surface area contributed by atoms with Gasteiger partial charge in [0.05, 0.1) is 17.7 Å². The van der Waals surface area contributed by atoms with Gasteiger partial charge in [0.25, 0.3) is 0 Å². The van der Waals surface area contributed by atoms with E-state index in [-0.39, 0.29) is 0 Å². The van der Waals surface area contributed by atoms with E-state index in [1.807, 2.05) is 13.8 Å². The molecule has 0 saturated heterocycles. The van der Waals surface area contributed by atoms with Gasteiger partial charge in [0, 0.05) is 5.41 Å². The van der Waals surface area contributed by atoms with Crippen molar-refractivity contribution in [3.8, 4) is 0 Å². The summed E-state index contributed by atoms with van der Waals surface area (Å²) in [7, 11) is 0. The van der Waals surface area contributed by atoms with Crippen molar-refractivity contribution in [2.45, 2.75) is 128 Å². The van der Waals surface area contributed by atoms with E-state index in [2.05, 4.69) is 6.92 Å². The fraction of sp³-hybridized carbons (Fsp3) is 1.00. The minimum Gasteiger partial charge on any atom is -0.391 e. The smallest absolute Gasteiger partial charge is 0.0899 e. The molecule has 1 rings (SSSR count). The fourth-order valence-electron chi connectivity index (χ4n) is 4.20. The van der Waals surface area contributed by atoms with Gasteiger partial charge in [-0.25, -0.2) is 0 Å². The van der Waals surface area contributed by atoms with Gasteiger partial charge in [-0.05, 0) is 6.42 Å². The molecule has 0 heterocycles. The summed E-state index contributed by atoms with van der Waals surface area (Å²) < 4.78 is 0. The number of aliphatic hydroxyl groups is 2. The van der Waals surface area contributed by atoms with Crippen molar-refractivity contribution in [3.63, 3.8) is 0 Å². The monoisotopic (exact) mass is 341 g/mol. The lowest BCUT2D eigenvalue weighted by molar-refractivity contribution is -0.244. The van der Waals surface area contributed by atoms with Gasteiger partial charge in [0.15, 0.2) is 0 Å². The Hall–Kier alpha value is -0.120. The third kappa shape index (κ3) is 5.71. The van der Waals surface area contributed by atoms with Crippen LogP contribution in [0.15, 0.2) is 0 Å². The molecule has 0 spiro atoms. The summed E-state index contributed by atoms with van der Waals surface area (Å²) in [4.78, 5) is 0. The van der Waals surface area contributed by atoms with Crippen LogP contribution in [0.2, 0.25) is 0 Å². The van der Waals surface area contributed by atoms with Crippen molar-refractivity contribution in [3.05, 3.63) is 0 Å². The molecule has 0 aromatic carbocycles. The maximum absolute atomic E-state index is 10.7. The number of hydrogen-bond donors (Lipinski definition) is 3. The van der Waals surface area contributed by atoms with E-state index in [4.69, 9.17) is 5.73 Å². The van der Waals surface area contributed by atoms with E-state index in [0.717, 1.165) is 19.3 Å². The van der Waals surface area contributed by atoms with E-state index in [1.54, 1.807) is 0 Å². The Balaban J connectivity index is 1.91. The Bertz CT molecular complexity index is 332. The molecule has 0 bridgehead atoms. The lowest BCUT2D eigenvalue weighted by atomic mass is 9.52. The topological polar surface area (TPSA) is 66.5 Å². The minimum absolute atomic E-state index is 0.469. The highest BCUT2D eigenvalue weighted by molar-refractivity contribution is 5.18. The molecule has 1 fully saturated rings. The van der Waals surface area contributed by atoms with Gasteiger partial charge >= 0.3 is 0 Å². The Labute approximate surface area is 150 Å². The highest BCUT2D eigenvalue weighted by atomic mass is 16.3. The minimum atomic E-state index is -0.885. The summed E-state index contributed by atoms with van der Waals surface area (Å²) in [5.41, 5.74) is 4.57. The first kappa shape index (κ1) is 21.9. The molecule has 0 radical (unpaired) electrons. The van der Waals surface area contributed by atoms with Gasteiger partial charge in [-0.3, -0.25) is 0 Å². The average molecular weight is 342 g/mol. The zero-order valence-electron chi connectivity index (χ0n) is 16.5. The van der Waals surface area contributed by atoms with Crippen molar-refractivity contribution in [1.29, 1.82) is 0 Å². The van der Waals surface area contributed by atoms with Crippen LogP contribution in [-0.2, 0) is 0 Å². The molecule has 3 atom stereocenters. The van der Waals surface area contributed by atoms with E-state index < -0.39 is 23.2 Å². The highest BCUT2D eigenvalue weighted by Crippen LogP contribution is 2.51. The first-order valence-electron chi connectivity index (χ1n) is 10.5. The van der Waals surface area contributed by atoms with Crippen LogP contribution in [-0.4, -0.2) is 28.0 Å². The third-order valence-electron chi connectivity index (χ3n) is 6.41. The molecule has 1 unspecified atom stereocenters. The summed E-state index contributed by atoms with van der Waals surface area (Å²) >= 11 is 0. The molecular weight excluding hydrogens is 298 g/mol. The number of nitrogens with two attached hydrogens (primary N) is 1. The van der Waals surface area contributed by atoms with Gasteiger partial charge in [0.2, 0.25) is 0 Å². The van der Waals surface area contributed by atoms with Crippen LogP contribution in [0.5, 0.6) is 0 Å². The maximum atomic E-state index is 10.7. The van der Waals surface area contributed by atoms with Crippen LogP contribution in [0.4, 0.5) is 0 Å². The normalized spacial score (nSPS) is 28.8. The number of aliphatic hydroxyl groups excluding tert-OH is 1. The molecule has 0 aliphatic heterocycles. The van der Waals surface area contributed by atoms with E-state index in [0.29, 0.717) is 0 Å². The van der Waals surface area contributed by atoms with Crippen LogP contribution in [0, 0.1) is 5.41 Å². The van der Waals surface area contributed by atoms with Crippen LogP contribution in [0.3, 0.4) is 0 Å². The van der Waals surface area contributed by atoms with Crippen molar-refractivity contribution >= 4 is 0 Å². The third-order valence-corrected chi connectivity index (χ3v) is 6.41. The predicted molar refractivity (Wildman–Crippen MR) is 103 cm³/mol. The predicted octanol–water partition coefficient (Wildman–Crippen LogP) is 4.93. The summed E-state index contributed by atoms with van der Waals surface area (Å²) in [6, 6.07) is -0.482. The fourth-order valence-corrected chi connectivity index (χ4v) is 4.20. The van der Waals surface area contributed by atoms with Gasteiger partial charge in [-0.15, -0.1) is 0 Å². The van der Waals surface area contributed by atoms with E-state index >= 15 is 0 Å². The van der Waals surface area contributed by atoms with E-state index in [9.17, 15) is 10.2 Å². The van der Waals surface area contributed by atoms with Crippen molar-refractivity contribution < 1.29 is 10.2 Å². The lowest BCUT2D eigenvalue weighted by Crippen LogP contribution is -2.78. The standard InChI is InChI=1S/C21H43NO2/c1-4-5-6-7-8-9-10-11-12-13-14-15-16-17-21(24)18(22)19(23)20(21,2)3/h18-19,23-24H,4-17,22H2,1-3H3/t18-,19?,21-/m0/s1. The Morgan fingerprint density at radius 1 is 0.750 bits per heavy atom. The van der Waals surface area contributed by atoms with Crippen molar-refractivity contribution in [2.24, 2.45) is 11.1 Å². The second-order valence-corrected chi connectivity index (χ2v) is 8.61. The van der Waals surface area contributed by atoms with Gasteiger partial charge < -0.3 is 15.9 Å². The largest absolute Gasteiger partial charge is 0.391 e. The van der Waals surface area contributed by atoms with Crippen LogP contribution >= 0.6 is 0 Å². The molecule has 0 amide bonds. The first-order chi connectivity index (χ1) is 11.4. The second-order valence-electron chi connectivity index (χ2n) is 8.61. The Morgan fingerprint density at radius 3 is 1.50 bits per heavy atom. The van der Waals surface area contributed by atoms with Crippen LogP contribution in [0.1, 0.15) is 111 Å². The summed E-state index contributed by atoms with van der Waals surface area (Å²) in [6.07, 6.45) is 17.4. The molecule has 4 N–H and O–H groups in total. The van der Waals surface area contributed by atoms with E-state index in [1.165, 1.54) is 70.6 Å². The molecule has 0 aromatic heterocycles. The summed E-state index contributed by atoms with van der Waals surface area (Å²) in [6.45, 7) is 6.11. The van der Waals surface area contributed by atoms with Crippen molar-refractivity contribution in [2.75, 3.05) is 0 Å². The zero-order valence-corrected chi connectivity index (χ0v) is 16.5. The highest BCUT2D eigenvalue weighted by Gasteiger charge is 2.64. The number of hydrogen-bond acceptors (Lipinski definition) is 3.